The normalized spacial score (nSPS) is 16.2. The average molecular weight is 345 g/mol. The molecule has 0 aromatic heterocycles. The Balaban J connectivity index is 2.71. The van der Waals surface area contributed by atoms with Gasteiger partial charge in [0.2, 0.25) is 0 Å². The fourth-order valence-corrected chi connectivity index (χ4v) is 3.57. The van der Waals surface area contributed by atoms with Gasteiger partial charge in [-0.3, -0.25) is 4.79 Å². The lowest BCUT2D eigenvalue weighted by molar-refractivity contribution is -0.147. The molecule has 6 heteroatoms. The zero-order valence-corrected chi connectivity index (χ0v) is 13.2. The zero-order valence-electron chi connectivity index (χ0n) is 11.7. The Morgan fingerprint density at radius 3 is 2.15 bits per heavy atom. The molecule has 0 heterocycles. The summed E-state index contributed by atoms with van der Waals surface area (Å²) in [5.74, 6) is 0.641. The summed E-state index contributed by atoms with van der Waals surface area (Å²) < 4.78 is 16.5. The minimum absolute atomic E-state index is 0.482. The van der Waals surface area contributed by atoms with Crippen molar-refractivity contribution in [1.29, 1.82) is 0 Å². The van der Waals surface area contributed by atoms with Crippen molar-refractivity contribution in [3.63, 3.8) is 0 Å². The molecule has 20 heavy (non-hydrogen) atoms. The highest BCUT2D eigenvalue weighted by Gasteiger charge is 2.49. The number of aliphatic carboxylic acids is 1. The van der Waals surface area contributed by atoms with E-state index < -0.39 is 11.4 Å². The fourth-order valence-electron chi connectivity index (χ4n) is 2.64. The topological polar surface area (TPSA) is 65.0 Å². The predicted molar refractivity (Wildman–Crippen MR) is 77.0 cm³/mol. The van der Waals surface area contributed by atoms with Crippen LogP contribution < -0.4 is 14.2 Å². The van der Waals surface area contributed by atoms with E-state index in [2.05, 4.69) is 15.9 Å². The second-order valence-electron chi connectivity index (χ2n) is 4.74. The van der Waals surface area contributed by atoms with Gasteiger partial charge in [0.15, 0.2) is 11.5 Å². The van der Waals surface area contributed by atoms with E-state index in [0.29, 0.717) is 40.1 Å². The van der Waals surface area contributed by atoms with Crippen molar-refractivity contribution in [3.8, 4) is 17.2 Å². The van der Waals surface area contributed by atoms with E-state index in [1.807, 2.05) is 0 Å². The van der Waals surface area contributed by atoms with Crippen molar-refractivity contribution in [1.82, 2.24) is 0 Å². The second kappa shape index (κ2) is 5.52. The molecule has 0 unspecified atom stereocenters. The third-order valence-electron chi connectivity index (χ3n) is 3.89. The highest BCUT2D eigenvalue weighted by molar-refractivity contribution is 9.10. The molecule has 0 amide bonds. The van der Waals surface area contributed by atoms with Gasteiger partial charge in [0.05, 0.1) is 31.2 Å². The molecule has 1 aromatic rings. The van der Waals surface area contributed by atoms with Gasteiger partial charge in [-0.1, -0.05) is 6.42 Å². The number of carboxylic acid groups (broad SMARTS) is 1. The van der Waals surface area contributed by atoms with E-state index in [9.17, 15) is 9.90 Å². The van der Waals surface area contributed by atoms with Gasteiger partial charge in [-0.05, 0) is 28.8 Å². The maximum absolute atomic E-state index is 11.7. The van der Waals surface area contributed by atoms with E-state index in [1.54, 1.807) is 6.07 Å². The van der Waals surface area contributed by atoms with E-state index in [0.717, 1.165) is 6.42 Å². The summed E-state index contributed by atoms with van der Waals surface area (Å²) in [6, 6.07) is 1.67. The Kier molecular flexibility index (Phi) is 4.13. The first-order chi connectivity index (χ1) is 9.51. The van der Waals surface area contributed by atoms with Crippen LogP contribution in [-0.2, 0) is 10.2 Å². The fraction of sp³-hybridized carbons (Fsp3) is 0.500. The molecule has 0 saturated heterocycles. The molecule has 1 aliphatic carbocycles. The molecule has 1 saturated carbocycles. The summed E-state index contributed by atoms with van der Waals surface area (Å²) in [5.41, 5.74) is -0.291. The third kappa shape index (κ3) is 2.02. The molecule has 110 valence electrons. The maximum atomic E-state index is 11.7. The van der Waals surface area contributed by atoms with Gasteiger partial charge in [-0.15, -0.1) is 0 Å². The SMILES string of the molecule is COc1cc(OC)c(C2(C(=O)O)CCC2)c(Br)c1OC. The van der Waals surface area contributed by atoms with Crippen LogP contribution in [0.4, 0.5) is 0 Å². The Morgan fingerprint density at radius 1 is 1.20 bits per heavy atom. The summed E-state index contributed by atoms with van der Waals surface area (Å²) in [7, 11) is 4.57. The lowest BCUT2D eigenvalue weighted by Crippen LogP contribution is -2.43. The number of halogens is 1. The minimum atomic E-state index is -0.913. The summed E-state index contributed by atoms with van der Waals surface area (Å²) in [6.07, 6.45) is 2.07. The van der Waals surface area contributed by atoms with Crippen molar-refractivity contribution in [3.05, 3.63) is 16.1 Å². The average Bonchev–Trinajstić information content (AvgIpc) is 2.38. The first-order valence-electron chi connectivity index (χ1n) is 6.24. The molecule has 2 rings (SSSR count). The van der Waals surface area contributed by atoms with Crippen molar-refractivity contribution in [2.75, 3.05) is 21.3 Å². The van der Waals surface area contributed by atoms with Crippen LogP contribution in [0.25, 0.3) is 0 Å². The predicted octanol–water partition coefficient (Wildman–Crippen LogP) is 2.98. The Labute approximate surface area is 126 Å². The highest BCUT2D eigenvalue weighted by Crippen LogP contribution is 2.54. The number of hydrogen-bond donors (Lipinski definition) is 1. The van der Waals surface area contributed by atoms with Crippen LogP contribution in [0.2, 0.25) is 0 Å². The molecule has 0 radical (unpaired) electrons. The van der Waals surface area contributed by atoms with Gasteiger partial charge in [0.25, 0.3) is 0 Å². The number of hydrogen-bond acceptors (Lipinski definition) is 4. The van der Waals surface area contributed by atoms with Crippen LogP contribution in [-0.4, -0.2) is 32.4 Å². The van der Waals surface area contributed by atoms with Crippen molar-refractivity contribution >= 4 is 21.9 Å². The quantitative estimate of drug-likeness (QED) is 0.889. The number of rotatable bonds is 5. The van der Waals surface area contributed by atoms with Crippen LogP contribution in [0.15, 0.2) is 10.5 Å². The molecule has 0 aliphatic heterocycles. The molecule has 5 nitrogen and oxygen atoms in total. The standard InChI is InChI=1S/C14H17BrO5/c1-18-8-7-9(19-2)12(20-3)11(15)10(8)14(13(16)17)5-4-6-14/h7H,4-6H2,1-3H3,(H,16,17). The number of ether oxygens (including phenoxy) is 3. The first kappa shape index (κ1) is 15.0. The van der Waals surface area contributed by atoms with E-state index in [4.69, 9.17) is 14.2 Å². The number of carboxylic acids is 1. The van der Waals surface area contributed by atoms with Gasteiger partial charge >= 0.3 is 5.97 Å². The number of benzene rings is 1. The molecular weight excluding hydrogens is 328 g/mol. The highest BCUT2D eigenvalue weighted by atomic mass is 79.9. The van der Waals surface area contributed by atoms with Crippen molar-refractivity contribution < 1.29 is 24.1 Å². The van der Waals surface area contributed by atoms with E-state index in [-0.39, 0.29) is 0 Å². The molecule has 1 N–H and O–H groups in total. The summed E-state index contributed by atoms with van der Waals surface area (Å²) in [5, 5.41) is 9.62. The first-order valence-corrected chi connectivity index (χ1v) is 7.03. The van der Waals surface area contributed by atoms with Gasteiger partial charge in [-0.2, -0.15) is 0 Å². The third-order valence-corrected chi connectivity index (χ3v) is 4.65. The Bertz CT molecular complexity index is 537. The lowest BCUT2D eigenvalue weighted by atomic mass is 9.64. The van der Waals surface area contributed by atoms with E-state index in [1.165, 1.54) is 21.3 Å². The summed E-state index contributed by atoms with van der Waals surface area (Å²) in [6.45, 7) is 0. The summed E-state index contributed by atoms with van der Waals surface area (Å²) in [4.78, 5) is 11.7. The molecule has 0 spiro atoms. The van der Waals surface area contributed by atoms with Crippen molar-refractivity contribution in [2.24, 2.45) is 0 Å². The minimum Gasteiger partial charge on any atom is -0.496 e. The van der Waals surface area contributed by atoms with Gasteiger partial charge in [0.1, 0.15) is 5.75 Å². The largest absolute Gasteiger partial charge is 0.496 e. The Morgan fingerprint density at radius 2 is 1.80 bits per heavy atom. The molecule has 1 aromatic carbocycles. The van der Waals surface area contributed by atoms with Gasteiger partial charge in [0, 0.05) is 11.6 Å². The van der Waals surface area contributed by atoms with Crippen LogP contribution in [0.1, 0.15) is 24.8 Å². The number of carbonyl (C=O) groups is 1. The maximum Gasteiger partial charge on any atom is 0.314 e. The lowest BCUT2D eigenvalue weighted by Gasteiger charge is -2.39. The molecule has 0 atom stereocenters. The summed E-state index contributed by atoms with van der Waals surface area (Å²) >= 11 is 3.46. The Hall–Kier alpha value is -1.43. The van der Waals surface area contributed by atoms with E-state index >= 15 is 0 Å². The number of methoxy groups -OCH3 is 3. The van der Waals surface area contributed by atoms with Crippen LogP contribution in [0.3, 0.4) is 0 Å². The zero-order chi connectivity index (χ0) is 14.9. The molecular formula is C14H17BrO5. The smallest absolute Gasteiger partial charge is 0.314 e. The van der Waals surface area contributed by atoms with Crippen molar-refractivity contribution in [2.45, 2.75) is 24.7 Å². The van der Waals surface area contributed by atoms with Crippen LogP contribution in [0.5, 0.6) is 17.2 Å². The molecule has 0 bridgehead atoms. The van der Waals surface area contributed by atoms with Gasteiger partial charge < -0.3 is 19.3 Å². The van der Waals surface area contributed by atoms with Crippen LogP contribution in [0, 0.1) is 0 Å². The van der Waals surface area contributed by atoms with Crippen LogP contribution >= 0.6 is 15.9 Å². The van der Waals surface area contributed by atoms with Gasteiger partial charge in [-0.25, -0.2) is 0 Å². The monoisotopic (exact) mass is 344 g/mol. The second-order valence-corrected chi connectivity index (χ2v) is 5.54. The molecule has 1 aliphatic rings. The molecule has 1 fully saturated rings.